The molecule has 0 radical (unpaired) electrons. The molecule has 1 spiro atoms. The number of nitrogens with one attached hydrogen (secondary N) is 1. The van der Waals surface area contributed by atoms with Crippen molar-refractivity contribution in [3.8, 4) is 6.01 Å². The van der Waals surface area contributed by atoms with Crippen molar-refractivity contribution in [3.05, 3.63) is 39.8 Å². The minimum absolute atomic E-state index is 0.0802. The maximum Gasteiger partial charge on any atom is 0.417 e. The Morgan fingerprint density at radius 1 is 1.24 bits per heavy atom. The molecule has 6 heterocycles. The van der Waals surface area contributed by atoms with E-state index in [1.807, 2.05) is 0 Å². The van der Waals surface area contributed by atoms with Crippen molar-refractivity contribution in [3.63, 3.8) is 0 Å². The minimum Gasteiger partial charge on any atom is -0.461 e. The maximum atomic E-state index is 15.3. The number of nitrogen functional groups attached to an aromatic ring is 1. The van der Waals surface area contributed by atoms with Crippen molar-refractivity contribution in [2.75, 3.05) is 56.5 Å². The zero-order chi connectivity index (χ0) is 28.7. The number of alkyl halides is 4. The van der Waals surface area contributed by atoms with Gasteiger partial charge in [0.15, 0.2) is 5.82 Å². The van der Waals surface area contributed by atoms with Gasteiger partial charge in [-0.2, -0.15) is 23.1 Å². The molecule has 3 atom stereocenters. The monoisotopic (exact) mass is 580 g/mol. The Kier molecular flexibility index (Phi) is 6.19. The third-order valence-electron chi connectivity index (χ3n) is 9.57. The molecule has 4 saturated heterocycles. The van der Waals surface area contributed by atoms with E-state index < -0.39 is 40.9 Å². The maximum absolute atomic E-state index is 15.3. The zero-order valence-corrected chi connectivity index (χ0v) is 22.8. The molecular weight excluding hydrogens is 547 g/mol. The van der Waals surface area contributed by atoms with E-state index in [0.29, 0.717) is 30.0 Å². The van der Waals surface area contributed by atoms with Crippen LogP contribution in [0, 0.1) is 18.2 Å². The minimum atomic E-state index is -4.80. The number of ether oxygens (including phenoxy) is 2. The van der Waals surface area contributed by atoms with Gasteiger partial charge in [0.25, 0.3) is 0 Å². The molecule has 0 aliphatic carbocycles. The number of nitrogens with zero attached hydrogens (tertiary/aromatic N) is 4. The van der Waals surface area contributed by atoms with Crippen molar-refractivity contribution in [1.82, 2.24) is 20.2 Å². The molecule has 0 saturated carbocycles. The van der Waals surface area contributed by atoms with Crippen molar-refractivity contribution in [2.24, 2.45) is 5.41 Å². The standard InChI is InChI=1S/C28H33F5N6O2/c1-15-5-18(34)23(30)21(22(15)28(31,32)33)20-6-19-17(9-40-20)24(38-12-26(13-38)10-35-11-26)37-25(36-19)41-14-27-3-2-4-39(27)8-16(29)7-27/h5,16,20,35H,2-4,6-14,34H2,1H3/t16-,20+,27+/m1/s1. The van der Waals surface area contributed by atoms with E-state index in [1.165, 1.54) is 6.92 Å². The van der Waals surface area contributed by atoms with Crippen LogP contribution < -0.4 is 20.7 Å². The lowest BCUT2D eigenvalue weighted by molar-refractivity contribution is -0.140. The van der Waals surface area contributed by atoms with Gasteiger partial charge in [-0.25, -0.2) is 8.78 Å². The van der Waals surface area contributed by atoms with Crippen LogP contribution in [0.2, 0.25) is 0 Å². The number of benzene rings is 1. The number of aromatic nitrogens is 2. The number of hydrogen-bond acceptors (Lipinski definition) is 8. The summed E-state index contributed by atoms with van der Waals surface area (Å²) in [6.45, 7) is 5.97. The molecule has 3 N–H and O–H groups in total. The van der Waals surface area contributed by atoms with Gasteiger partial charge in [0.2, 0.25) is 0 Å². The fraction of sp³-hybridized carbons (Fsp3) is 0.643. The average Bonchev–Trinajstić information content (AvgIpc) is 3.37. The van der Waals surface area contributed by atoms with Gasteiger partial charge in [0.1, 0.15) is 18.6 Å². The van der Waals surface area contributed by atoms with Gasteiger partial charge in [-0.05, 0) is 37.9 Å². The number of fused-ring (bicyclic) bond motifs is 2. The van der Waals surface area contributed by atoms with Crippen LogP contribution in [0.1, 0.15) is 53.3 Å². The molecule has 13 heteroatoms. The summed E-state index contributed by atoms with van der Waals surface area (Å²) in [5.74, 6) is -0.511. The number of aryl methyl sites for hydroxylation is 1. The number of rotatable bonds is 5. The van der Waals surface area contributed by atoms with Gasteiger partial charge in [0, 0.05) is 62.1 Å². The van der Waals surface area contributed by atoms with Crippen LogP contribution in [0.3, 0.4) is 0 Å². The van der Waals surface area contributed by atoms with Crippen LogP contribution >= 0.6 is 0 Å². The normalized spacial score (nSPS) is 28.8. The lowest BCUT2D eigenvalue weighted by Crippen LogP contribution is -2.71. The van der Waals surface area contributed by atoms with Crippen LogP contribution in [-0.2, 0) is 23.9 Å². The van der Waals surface area contributed by atoms with Crippen LogP contribution in [0.25, 0.3) is 0 Å². The fourth-order valence-corrected chi connectivity index (χ4v) is 7.53. The molecule has 5 aliphatic heterocycles. The predicted molar refractivity (Wildman–Crippen MR) is 140 cm³/mol. The van der Waals surface area contributed by atoms with Crippen LogP contribution in [0.15, 0.2) is 6.07 Å². The first-order chi connectivity index (χ1) is 19.5. The highest BCUT2D eigenvalue weighted by molar-refractivity contribution is 5.56. The van der Waals surface area contributed by atoms with Crippen LogP contribution in [-0.4, -0.2) is 72.5 Å². The highest BCUT2D eigenvalue weighted by Crippen LogP contribution is 2.46. The summed E-state index contributed by atoms with van der Waals surface area (Å²) in [6, 6.07) is 1.09. The molecule has 0 amide bonds. The third-order valence-corrected chi connectivity index (χ3v) is 9.57. The first-order valence-electron chi connectivity index (χ1n) is 14.1. The van der Waals surface area contributed by atoms with E-state index in [0.717, 1.165) is 51.6 Å². The molecule has 4 fully saturated rings. The molecule has 41 heavy (non-hydrogen) atoms. The van der Waals surface area contributed by atoms with E-state index in [2.05, 4.69) is 20.1 Å². The third kappa shape index (κ3) is 4.42. The Labute approximate surface area is 234 Å². The molecule has 1 aromatic heterocycles. The molecule has 222 valence electrons. The summed E-state index contributed by atoms with van der Waals surface area (Å²) in [6.07, 6.45) is -4.90. The Morgan fingerprint density at radius 3 is 2.73 bits per heavy atom. The molecule has 5 aliphatic rings. The van der Waals surface area contributed by atoms with Gasteiger partial charge in [-0.1, -0.05) is 0 Å². The largest absolute Gasteiger partial charge is 0.461 e. The van der Waals surface area contributed by atoms with E-state index in [4.69, 9.17) is 20.2 Å². The number of hydrogen-bond donors (Lipinski definition) is 2. The molecule has 8 nitrogen and oxygen atoms in total. The summed E-state index contributed by atoms with van der Waals surface area (Å²) in [7, 11) is 0. The fourth-order valence-electron chi connectivity index (χ4n) is 7.53. The van der Waals surface area contributed by atoms with Gasteiger partial charge in [-0.3, -0.25) is 4.90 Å². The van der Waals surface area contributed by atoms with Crippen molar-refractivity contribution >= 4 is 11.5 Å². The number of halogens is 5. The molecule has 1 aromatic carbocycles. The highest BCUT2D eigenvalue weighted by atomic mass is 19.4. The lowest BCUT2D eigenvalue weighted by atomic mass is 9.74. The second kappa shape index (κ2) is 9.37. The van der Waals surface area contributed by atoms with Crippen LogP contribution in [0.4, 0.5) is 33.5 Å². The second-order valence-electron chi connectivity index (χ2n) is 12.5. The molecular formula is C28H33F5N6O2. The Hall–Kier alpha value is -2.77. The molecule has 0 unspecified atom stereocenters. The SMILES string of the molecule is Cc1cc(N)c(F)c([C@@H]2Cc3nc(OC[C@@]45CCCN4C[C@H](F)C5)nc(N4CC5(CNC5)C4)c3CO2)c1C(F)(F)F. The highest BCUT2D eigenvalue weighted by Gasteiger charge is 2.51. The van der Waals surface area contributed by atoms with E-state index in [-0.39, 0.29) is 42.3 Å². The summed E-state index contributed by atoms with van der Waals surface area (Å²) >= 11 is 0. The predicted octanol–water partition coefficient (Wildman–Crippen LogP) is 3.70. The second-order valence-corrected chi connectivity index (χ2v) is 12.5. The van der Waals surface area contributed by atoms with Crippen molar-refractivity contribution < 1.29 is 31.4 Å². The first-order valence-corrected chi connectivity index (χ1v) is 14.1. The summed E-state index contributed by atoms with van der Waals surface area (Å²) < 4.78 is 83.9. The van der Waals surface area contributed by atoms with Gasteiger partial charge in [0.05, 0.1) is 35.2 Å². The topological polar surface area (TPSA) is 88.8 Å². The van der Waals surface area contributed by atoms with E-state index in [9.17, 15) is 17.6 Å². The zero-order valence-electron chi connectivity index (χ0n) is 22.8. The summed E-state index contributed by atoms with van der Waals surface area (Å²) in [4.78, 5) is 13.6. The van der Waals surface area contributed by atoms with Gasteiger partial charge in [-0.15, -0.1) is 0 Å². The van der Waals surface area contributed by atoms with E-state index in [1.54, 1.807) is 0 Å². The van der Waals surface area contributed by atoms with Gasteiger partial charge < -0.3 is 25.4 Å². The molecule has 2 aromatic rings. The average molecular weight is 581 g/mol. The Balaban J connectivity index is 1.23. The lowest BCUT2D eigenvalue weighted by Gasteiger charge is -2.56. The van der Waals surface area contributed by atoms with E-state index >= 15 is 4.39 Å². The van der Waals surface area contributed by atoms with Gasteiger partial charge >= 0.3 is 12.2 Å². The Bertz CT molecular complexity index is 1380. The first kappa shape index (κ1) is 27.1. The van der Waals surface area contributed by atoms with Crippen molar-refractivity contribution in [2.45, 2.75) is 63.2 Å². The van der Waals surface area contributed by atoms with Crippen molar-refractivity contribution in [1.29, 1.82) is 0 Å². The number of anilines is 2. The Morgan fingerprint density at radius 2 is 2.02 bits per heavy atom. The number of nitrogens with two attached hydrogens (primary N) is 1. The summed E-state index contributed by atoms with van der Waals surface area (Å²) in [5.41, 5.74) is 4.43. The molecule has 7 rings (SSSR count). The molecule has 0 bridgehead atoms. The quantitative estimate of drug-likeness (QED) is 0.409. The van der Waals surface area contributed by atoms with Crippen LogP contribution in [0.5, 0.6) is 6.01 Å². The smallest absolute Gasteiger partial charge is 0.417 e. The summed E-state index contributed by atoms with van der Waals surface area (Å²) in [5, 5.41) is 3.30.